The van der Waals surface area contributed by atoms with Crippen molar-refractivity contribution in [2.24, 2.45) is 11.3 Å². The van der Waals surface area contributed by atoms with Crippen molar-refractivity contribution in [1.82, 2.24) is 9.80 Å². The number of amides is 1. The van der Waals surface area contributed by atoms with Crippen molar-refractivity contribution in [1.29, 1.82) is 0 Å². The fraction of sp³-hybridized carbons (Fsp3) is 0.842. The third-order valence-corrected chi connectivity index (χ3v) is 4.45. The quantitative estimate of drug-likeness (QED) is 0.342. The highest BCUT2D eigenvalue weighted by molar-refractivity contribution is 5.81. The zero-order valence-electron chi connectivity index (χ0n) is 17.2. The number of carbonyl (C=O) groups excluding carboxylic acids is 3. The van der Waals surface area contributed by atoms with Crippen molar-refractivity contribution in [2.45, 2.75) is 59.4 Å². The summed E-state index contributed by atoms with van der Waals surface area (Å²) < 4.78 is 5.17. The molecule has 0 aromatic heterocycles. The van der Waals surface area contributed by atoms with Crippen LogP contribution in [0, 0.1) is 5.41 Å². The van der Waals surface area contributed by atoms with Gasteiger partial charge in [0.1, 0.15) is 12.4 Å². The Balaban J connectivity index is 2.62. The van der Waals surface area contributed by atoms with Gasteiger partial charge in [-0.2, -0.15) is 0 Å². The maximum absolute atomic E-state index is 12.4. The Kier molecular flexibility index (Phi) is 9.90. The van der Waals surface area contributed by atoms with Crippen LogP contribution >= 0.6 is 0 Å². The van der Waals surface area contributed by atoms with Gasteiger partial charge in [0.25, 0.3) is 0 Å². The number of unbranched alkanes of at least 4 members (excludes halogenated alkanes) is 1. The standard InChI is InChI=1S/C19H35N3O5/c1-15(23)26-14-16-12-22(18(25)7-5-6-10-27-20)9-8-21(16)13-17(24)11-19(2,3)4/h16H,5-14,20H2,1-4H3. The summed E-state index contributed by atoms with van der Waals surface area (Å²) in [7, 11) is 0. The Bertz CT molecular complexity index is 504. The lowest BCUT2D eigenvalue weighted by molar-refractivity contribution is -0.145. The van der Waals surface area contributed by atoms with Crippen LogP contribution in [0.1, 0.15) is 53.4 Å². The number of esters is 1. The topological polar surface area (TPSA) is 102 Å². The minimum absolute atomic E-state index is 0.0620. The molecule has 1 aliphatic rings. The second-order valence-electron chi connectivity index (χ2n) is 8.37. The third kappa shape index (κ3) is 9.83. The molecule has 0 aliphatic carbocycles. The minimum Gasteiger partial charge on any atom is -0.464 e. The van der Waals surface area contributed by atoms with Crippen LogP contribution in [-0.4, -0.2) is 72.9 Å². The van der Waals surface area contributed by atoms with Crippen molar-refractivity contribution < 1.29 is 24.0 Å². The third-order valence-electron chi connectivity index (χ3n) is 4.45. The number of hydrogen-bond acceptors (Lipinski definition) is 7. The molecule has 27 heavy (non-hydrogen) atoms. The zero-order valence-corrected chi connectivity index (χ0v) is 17.2. The van der Waals surface area contributed by atoms with E-state index < -0.39 is 0 Å². The van der Waals surface area contributed by atoms with Crippen molar-refractivity contribution in [3.05, 3.63) is 0 Å². The van der Waals surface area contributed by atoms with Crippen molar-refractivity contribution in [3.63, 3.8) is 0 Å². The predicted octanol–water partition coefficient (Wildman–Crippen LogP) is 1.13. The largest absolute Gasteiger partial charge is 0.464 e. The molecule has 0 saturated carbocycles. The molecule has 1 rings (SSSR count). The number of ether oxygens (including phenoxy) is 1. The van der Waals surface area contributed by atoms with Gasteiger partial charge < -0.3 is 14.5 Å². The molecule has 1 saturated heterocycles. The average molecular weight is 386 g/mol. The van der Waals surface area contributed by atoms with Gasteiger partial charge in [0.2, 0.25) is 5.91 Å². The Labute approximate surface area is 162 Å². The Morgan fingerprint density at radius 1 is 1.15 bits per heavy atom. The fourth-order valence-corrected chi connectivity index (χ4v) is 3.19. The number of piperazine rings is 1. The van der Waals surface area contributed by atoms with Crippen LogP contribution in [0.25, 0.3) is 0 Å². The summed E-state index contributed by atoms with van der Waals surface area (Å²) >= 11 is 0. The molecule has 0 spiro atoms. The van der Waals surface area contributed by atoms with Gasteiger partial charge in [-0.1, -0.05) is 20.8 Å². The van der Waals surface area contributed by atoms with Crippen molar-refractivity contribution in [3.8, 4) is 0 Å². The average Bonchev–Trinajstić information content (AvgIpc) is 2.55. The summed E-state index contributed by atoms with van der Waals surface area (Å²) in [6.45, 7) is 10.0. The smallest absolute Gasteiger partial charge is 0.302 e. The van der Waals surface area contributed by atoms with Gasteiger partial charge in [-0.05, 0) is 18.3 Å². The molecule has 2 N–H and O–H groups in total. The number of ketones is 1. The van der Waals surface area contributed by atoms with E-state index in [1.54, 1.807) is 4.90 Å². The van der Waals surface area contributed by atoms with Gasteiger partial charge >= 0.3 is 5.97 Å². The molecule has 8 heteroatoms. The number of carbonyl (C=O) groups is 3. The van der Waals surface area contributed by atoms with E-state index in [9.17, 15) is 14.4 Å². The SMILES string of the molecule is CC(=O)OCC1CN(C(=O)CCCCON)CCN1CC(=O)CC(C)(C)C. The summed E-state index contributed by atoms with van der Waals surface area (Å²) in [6.07, 6.45) is 2.39. The van der Waals surface area contributed by atoms with Gasteiger partial charge in [0, 0.05) is 39.4 Å². The van der Waals surface area contributed by atoms with E-state index in [0.717, 1.165) is 12.8 Å². The van der Waals surface area contributed by atoms with E-state index in [1.165, 1.54) is 6.92 Å². The molecular weight excluding hydrogens is 350 g/mol. The molecular formula is C19H35N3O5. The van der Waals surface area contributed by atoms with E-state index in [-0.39, 0.29) is 35.7 Å². The van der Waals surface area contributed by atoms with E-state index in [1.807, 2.05) is 25.7 Å². The first-order valence-corrected chi connectivity index (χ1v) is 9.61. The number of hydrogen-bond donors (Lipinski definition) is 1. The van der Waals surface area contributed by atoms with Gasteiger partial charge in [-0.3, -0.25) is 19.3 Å². The molecule has 1 heterocycles. The number of nitrogens with zero attached hydrogens (tertiary/aromatic N) is 2. The second kappa shape index (κ2) is 11.4. The molecule has 0 radical (unpaired) electrons. The van der Waals surface area contributed by atoms with Crippen LogP contribution in [0.4, 0.5) is 0 Å². The summed E-state index contributed by atoms with van der Waals surface area (Å²) in [4.78, 5) is 44.3. The molecule has 0 aromatic carbocycles. The summed E-state index contributed by atoms with van der Waals surface area (Å²) in [5, 5.41) is 0. The molecule has 0 bridgehead atoms. The summed E-state index contributed by atoms with van der Waals surface area (Å²) in [5.41, 5.74) is -0.0620. The van der Waals surface area contributed by atoms with E-state index in [4.69, 9.17) is 10.6 Å². The number of Topliss-reactive ketones (excluding diaryl/α,β-unsaturated/α-hetero) is 1. The number of nitrogens with two attached hydrogens (primary N) is 1. The summed E-state index contributed by atoms with van der Waals surface area (Å²) in [5.74, 6) is 4.86. The predicted molar refractivity (Wildman–Crippen MR) is 102 cm³/mol. The molecule has 156 valence electrons. The highest BCUT2D eigenvalue weighted by Gasteiger charge is 2.31. The van der Waals surface area contributed by atoms with Gasteiger partial charge in [-0.25, -0.2) is 5.90 Å². The molecule has 1 aliphatic heterocycles. The molecule has 1 unspecified atom stereocenters. The molecule has 0 aromatic rings. The second-order valence-corrected chi connectivity index (χ2v) is 8.37. The van der Waals surface area contributed by atoms with Crippen molar-refractivity contribution >= 4 is 17.7 Å². The maximum atomic E-state index is 12.4. The zero-order chi connectivity index (χ0) is 20.4. The lowest BCUT2D eigenvalue weighted by Crippen LogP contribution is -2.57. The van der Waals surface area contributed by atoms with E-state index >= 15 is 0 Å². The Hall–Kier alpha value is -1.51. The Morgan fingerprint density at radius 3 is 2.44 bits per heavy atom. The van der Waals surface area contributed by atoms with Crippen LogP contribution in [0.15, 0.2) is 0 Å². The molecule has 1 amide bonds. The first kappa shape index (κ1) is 23.5. The first-order chi connectivity index (χ1) is 12.6. The monoisotopic (exact) mass is 385 g/mol. The van der Waals surface area contributed by atoms with Crippen LogP contribution in [-0.2, 0) is 24.0 Å². The lowest BCUT2D eigenvalue weighted by Gasteiger charge is -2.41. The minimum atomic E-state index is -0.360. The Morgan fingerprint density at radius 2 is 1.85 bits per heavy atom. The fourth-order valence-electron chi connectivity index (χ4n) is 3.19. The molecule has 1 fully saturated rings. The van der Waals surface area contributed by atoms with Gasteiger partial charge in [0.05, 0.1) is 19.2 Å². The number of rotatable bonds is 10. The van der Waals surface area contributed by atoms with Crippen molar-refractivity contribution in [2.75, 3.05) is 39.4 Å². The lowest BCUT2D eigenvalue weighted by atomic mass is 9.89. The molecule has 8 nitrogen and oxygen atoms in total. The van der Waals surface area contributed by atoms with Gasteiger partial charge in [0.15, 0.2) is 0 Å². The van der Waals surface area contributed by atoms with Crippen LogP contribution in [0.2, 0.25) is 0 Å². The maximum Gasteiger partial charge on any atom is 0.302 e. The molecule has 1 atom stereocenters. The van der Waals surface area contributed by atoms with E-state index in [0.29, 0.717) is 45.6 Å². The highest BCUT2D eigenvalue weighted by atomic mass is 16.6. The first-order valence-electron chi connectivity index (χ1n) is 9.61. The normalized spacial score (nSPS) is 18.4. The summed E-state index contributed by atoms with van der Waals surface area (Å²) in [6, 6.07) is -0.164. The van der Waals surface area contributed by atoms with Crippen LogP contribution < -0.4 is 5.90 Å². The van der Waals surface area contributed by atoms with Gasteiger partial charge in [-0.15, -0.1) is 0 Å². The van der Waals surface area contributed by atoms with E-state index in [2.05, 4.69) is 4.84 Å². The van der Waals surface area contributed by atoms with Crippen LogP contribution in [0.3, 0.4) is 0 Å². The highest BCUT2D eigenvalue weighted by Crippen LogP contribution is 2.20. The van der Waals surface area contributed by atoms with Crippen LogP contribution in [0.5, 0.6) is 0 Å².